The van der Waals surface area contributed by atoms with Crippen molar-refractivity contribution >= 4 is 35.5 Å². The van der Waals surface area contributed by atoms with Crippen LogP contribution in [0.15, 0.2) is 24.4 Å². The Morgan fingerprint density at radius 2 is 1.59 bits per heavy atom. The van der Waals surface area contributed by atoms with Crippen LogP contribution in [-0.2, 0) is 20.8 Å². The molecule has 0 fully saturated rings. The highest BCUT2D eigenvalue weighted by molar-refractivity contribution is 5.96. The number of hydrogen-bond donors (Lipinski definition) is 6. The fourth-order valence-electron chi connectivity index (χ4n) is 4.30. The van der Waals surface area contributed by atoms with E-state index in [-0.39, 0.29) is 18.7 Å². The molecule has 2 atom stereocenters. The molecule has 1 heterocycles. The Morgan fingerprint density at radius 3 is 2.18 bits per heavy atom. The van der Waals surface area contributed by atoms with Gasteiger partial charge in [-0.15, -0.1) is 5.10 Å². The molecule has 242 valence electrons. The van der Waals surface area contributed by atoms with E-state index in [2.05, 4.69) is 26.3 Å². The average molecular weight is 622 g/mol. The van der Waals surface area contributed by atoms with Crippen molar-refractivity contribution in [1.29, 1.82) is 0 Å². The summed E-state index contributed by atoms with van der Waals surface area (Å²) in [6.45, 7) is 4.74. The first-order valence-electron chi connectivity index (χ1n) is 14.4. The summed E-state index contributed by atoms with van der Waals surface area (Å²) in [6, 6.07) is 1.37. The zero-order valence-electron chi connectivity index (χ0n) is 24.8. The molecule has 2 aromatic rings. The van der Waals surface area contributed by atoms with Crippen LogP contribution in [0, 0.1) is 0 Å². The number of anilines is 1. The molecule has 0 spiro atoms. The minimum absolute atomic E-state index is 0.0453. The lowest BCUT2D eigenvalue weighted by molar-refractivity contribution is -0.140. The van der Waals surface area contributed by atoms with Gasteiger partial charge in [0.05, 0.1) is 24.3 Å². The van der Waals surface area contributed by atoms with Crippen LogP contribution < -0.4 is 16.0 Å². The van der Waals surface area contributed by atoms with Crippen molar-refractivity contribution in [3.63, 3.8) is 0 Å². The number of carboxylic acid groups (broad SMARTS) is 3. The van der Waals surface area contributed by atoms with Gasteiger partial charge in [0.2, 0.25) is 0 Å². The second-order valence-electron chi connectivity index (χ2n) is 9.95. The minimum Gasteiger partial charge on any atom is -0.481 e. The smallest absolute Gasteiger partial charge is 0.326 e. The number of urea groups is 1. The number of carbonyl (C=O) groups is 5. The van der Waals surface area contributed by atoms with Gasteiger partial charge in [0, 0.05) is 37.3 Å². The van der Waals surface area contributed by atoms with Gasteiger partial charge in [-0.2, -0.15) is 0 Å². The molecule has 44 heavy (non-hydrogen) atoms. The third kappa shape index (κ3) is 11.5. The predicted molar refractivity (Wildman–Crippen MR) is 157 cm³/mol. The van der Waals surface area contributed by atoms with E-state index in [1.54, 1.807) is 29.3 Å². The molecular formula is C28H40FN7O8. The van der Waals surface area contributed by atoms with Gasteiger partial charge in [-0.25, -0.2) is 19.1 Å². The summed E-state index contributed by atoms with van der Waals surface area (Å²) in [7, 11) is 0. The number of aromatic nitrogens is 3. The van der Waals surface area contributed by atoms with Gasteiger partial charge in [0.15, 0.2) is 0 Å². The molecule has 0 radical (unpaired) electrons. The second-order valence-corrected chi connectivity index (χ2v) is 9.95. The van der Waals surface area contributed by atoms with Gasteiger partial charge in [0.25, 0.3) is 5.91 Å². The maximum absolute atomic E-state index is 13.1. The number of aliphatic carboxylic acids is 3. The first-order chi connectivity index (χ1) is 21.0. The molecule has 2 rings (SSSR count). The number of halogens is 1. The lowest BCUT2D eigenvalue weighted by atomic mass is 10.1. The summed E-state index contributed by atoms with van der Waals surface area (Å²) in [5.74, 6) is -4.14. The van der Waals surface area contributed by atoms with Crippen molar-refractivity contribution in [3.8, 4) is 5.69 Å². The number of carboxylic acids is 3. The zero-order valence-corrected chi connectivity index (χ0v) is 24.8. The number of unbranched alkanes of at least 4 members (excludes halogenated alkanes) is 1. The fourth-order valence-corrected chi connectivity index (χ4v) is 4.30. The van der Waals surface area contributed by atoms with Crippen LogP contribution in [0.1, 0.15) is 68.4 Å². The highest BCUT2D eigenvalue weighted by Gasteiger charge is 2.25. The van der Waals surface area contributed by atoms with E-state index in [1.807, 2.05) is 13.8 Å². The Hall–Kier alpha value is -4.76. The zero-order chi connectivity index (χ0) is 32.6. The number of aryl methyl sites for hydroxylation is 1. The number of hydrogen-bond acceptors (Lipinski definition) is 8. The van der Waals surface area contributed by atoms with Crippen LogP contribution in [-0.4, -0.2) is 103 Å². The van der Waals surface area contributed by atoms with Gasteiger partial charge in [0.1, 0.15) is 12.1 Å². The van der Waals surface area contributed by atoms with E-state index in [1.165, 1.54) is 4.68 Å². The lowest BCUT2D eigenvalue weighted by Crippen LogP contribution is -2.51. The third-order valence-corrected chi connectivity index (χ3v) is 6.69. The first kappa shape index (κ1) is 35.4. The van der Waals surface area contributed by atoms with Crippen molar-refractivity contribution in [2.24, 2.45) is 0 Å². The topological polar surface area (TPSA) is 216 Å². The first-order valence-corrected chi connectivity index (χ1v) is 14.4. The standard InChI is InChI=1S/C28H40FN7O8/c1-3-35(4-2)25(39)18-14-20(16-21(15-18)36-17-19(33-34-36)8-7-12-29)30-13-6-5-9-22(26(40)41)31-28(44)32-23(27(42)43)10-11-24(37)38/h14-17,22-23,30H,3-13H2,1-2H3,(H,37,38)(H,40,41)(H,42,43)(H2,31,32,44)/t22-,23-/m0/s1. The molecule has 0 saturated heterocycles. The highest BCUT2D eigenvalue weighted by atomic mass is 19.1. The SMILES string of the molecule is CCN(CC)C(=O)c1cc(NCCCC[C@H](NC(=O)N[C@@H](CCC(=O)O)C(=O)O)C(=O)O)cc(-n2cc(CCCF)nn2)c1. The maximum atomic E-state index is 13.1. The Morgan fingerprint density at radius 1 is 0.932 bits per heavy atom. The monoisotopic (exact) mass is 621 g/mol. The summed E-state index contributed by atoms with van der Waals surface area (Å²) < 4.78 is 14.1. The summed E-state index contributed by atoms with van der Waals surface area (Å²) in [4.78, 5) is 60.7. The van der Waals surface area contributed by atoms with Crippen molar-refractivity contribution in [2.75, 3.05) is 31.6 Å². The molecule has 15 nitrogen and oxygen atoms in total. The quantitative estimate of drug-likeness (QED) is 0.118. The van der Waals surface area contributed by atoms with E-state index >= 15 is 0 Å². The van der Waals surface area contributed by atoms with Gasteiger partial charge < -0.3 is 36.2 Å². The molecule has 16 heteroatoms. The van der Waals surface area contributed by atoms with E-state index in [0.29, 0.717) is 67.9 Å². The van der Waals surface area contributed by atoms with Gasteiger partial charge in [-0.3, -0.25) is 14.0 Å². The van der Waals surface area contributed by atoms with Crippen LogP contribution >= 0.6 is 0 Å². The van der Waals surface area contributed by atoms with Crippen molar-refractivity contribution in [3.05, 3.63) is 35.7 Å². The molecule has 1 aromatic heterocycles. The predicted octanol–water partition coefficient (Wildman–Crippen LogP) is 2.30. The molecule has 0 saturated carbocycles. The molecule has 0 aliphatic heterocycles. The molecule has 1 aromatic carbocycles. The van der Waals surface area contributed by atoms with Crippen LogP contribution in [0.25, 0.3) is 5.69 Å². The second kappa shape index (κ2) is 18.0. The Kier molecular flexibility index (Phi) is 14.5. The van der Waals surface area contributed by atoms with Crippen molar-refractivity contribution in [1.82, 2.24) is 30.5 Å². The molecule has 0 aliphatic rings. The summed E-state index contributed by atoms with van der Waals surface area (Å²) in [6.07, 6.45) is 2.50. The number of nitrogens with zero attached hydrogens (tertiary/aromatic N) is 4. The van der Waals surface area contributed by atoms with Crippen LogP contribution in [0.4, 0.5) is 14.9 Å². The van der Waals surface area contributed by atoms with Gasteiger partial charge in [-0.05, 0) is 70.6 Å². The third-order valence-electron chi connectivity index (χ3n) is 6.69. The van der Waals surface area contributed by atoms with Crippen LogP contribution in [0.3, 0.4) is 0 Å². The number of rotatable bonds is 20. The molecule has 0 aliphatic carbocycles. The average Bonchev–Trinajstić information content (AvgIpc) is 3.46. The number of nitrogens with one attached hydrogen (secondary N) is 3. The Bertz CT molecular complexity index is 1280. The summed E-state index contributed by atoms with van der Waals surface area (Å²) >= 11 is 0. The van der Waals surface area contributed by atoms with Gasteiger partial charge >= 0.3 is 23.9 Å². The highest BCUT2D eigenvalue weighted by Crippen LogP contribution is 2.20. The van der Waals surface area contributed by atoms with Crippen LogP contribution in [0.5, 0.6) is 0 Å². The number of benzene rings is 1. The van der Waals surface area contributed by atoms with Crippen LogP contribution in [0.2, 0.25) is 0 Å². The normalized spacial score (nSPS) is 12.2. The molecule has 0 unspecified atom stereocenters. The van der Waals surface area contributed by atoms with E-state index in [0.717, 1.165) is 0 Å². The number of carbonyl (C=O) groups excluding carboxylic acids is 2. The van der Waals surface area contributed by atoms with E-state index in [9.17, 15) is 38.6 Å². The molecule has 3 amide bonds. The van der Waals surface area contributed by atoms with Crippen molar-refractivity contribution in [2.45, 2.75) is 70.9 Å². The maximum Gasteiger partial charge on any atom is 0.326 e. The minimum atomic E-state index is -1.49. The molecule has 6 N–H and O–H groups in total. The number of amides is 3. The summed E-state index contributed by atoms with van der Waals surface area (Å²) in [5, 5.41) is 43.2. The largest absolute Gasteiger partial charge is 0.481 e. The molecule has 0 bridgehead atoms. The lowest BCUT2D eigenvalue weighted by Gasteiger charge is -2.20. The number of alkyl halides is 1. The summed E-state index contributed by atoms with van der Waals surface area (Å²) in [5.41, 5.74) is 2.24. The molecular weight excluding hydrogens is 581 g/mol. The van der Waals surface area contributed by atoms with E-state index in [4.69, 9.17) is 5.11 Å². The Labute approximate surface area is 253 Å². The fraction of sp³-hybridized carbons (Fsp3) is 0.536. The Balaban J connectivity index is 2.03. The van der Waals surface area contributed by atoms with E-state index < -0.39 is 49.1 Å². The van der Waals surface area contributed by atoms with Gasteiger partial charge in [-0.1, -0.05) is 5.21 Å². The van der Waals surface area contributed by atoms with Crippen molar-refractivity contribution < 1.29 is 43.7 Å².